The van der Waals surface area contributed by atoms with Gasteiger partial charge in [-0.1, -0.05) is 27.7 Å². The summed E-state index contributed by atoms with van der Waals surface area (Å²) in [6.45, 7) is 13.1. The molecule has 3 heteroatoms. The summed E-state index contributed by atoms with van der Waals surface area (Å²) < 4.78 is 11.7. The second kappa shape index (κ2) is 4.17. The first-order valence-electron chi connectivity index (χ1n) is 4.89. The van der Waals surface area contributed by atoms with Crippen LogP contribution < -0.4 is 0 Å². The van der Waals surface area contributed by atoms with Gasteiger partial charge in [0.05, 0.1) is 0 Å². The Labute approximate surface area is 95.9 Å². The minimum Gasteiger partial charge on any atom is -0.259 e. The zero-order chi connectivity index (χ0) is 11.8. The largest absolute Gasteiger partial charge is 0.259 e. The zero-order valence-electron chi connectivity index (χ0n) is 10.7. The van der Waals surface area contributed by atoms with Crippen molar-refractivity contribution < 1.29 is 4.21 Å². The summed E-state index contributed by atoms with van der Waals surface area (Å²) >= 11 is 1.84. The average molecular weight is 236 g/mol. The van der Waals surface area contributed by atoms with Gasteiger partial charge >= 0.3 is 0 Å². The lowest BCUT2D eigenvalue weighted by Gasteiger charge is -2.50. The van der Waals surface area contributed by atoms with Crippen LogP contribution in [0, 0.1) is 5.41 Å². The molecule has 0 aliphatic rings. The van der Waals surface area contributed by atoms with Gasteiger partial charge in [0.1, 0.15) is 0 Å². The minimum absolute atomic E-state index is 0.0268. The highest BCUT2D eigenvalue weighted by Gasteiger charge is 2.49. The summed E-state index contributed by atoms with van der Waals surface area (Å²) in [5.74, 6) is 0. The van der Waals surface area contributed by atoms with Crippen LogP contribution in [-0.2, 0) is 10.8 Å². The van der Waals surface area contributed by atoms with Gasteiger partial charge < -0.3 is 0 Å². The fourth-order valence-corrected chi connectivity index (χ4v) is 3.14. The molecule has 0 rings (SSSR count). The zero-order valence-corrected chi connectivity index (χ0v) is 12.4. The van der Waals surface area contributed by atoms with Crippen LogP contribution in [0.3, 0.4) is 0 Å². The van der Waals surface area contributed by atoms with E-state index in [4.69, 9.17) is 0 Å². The minimum atomic E-state index is -0.807. The Bertz CT molecular complexity index is 229. The molecule has 0 bridgehead atoms. The summed E-state index contributed by atoms with van der Waals surface area (Å²) in [7, 11) is -0.807. The van der Waals surface area contributed by atoms with Gasteiger partial charge in [-0.2, -0.15) is 11.8 Å². The van der Waals surface area contributed by atoms with E-state index >= 15 is 0 Å². The van der Waals surface area contributed by atoms with Crippen molar-refractivity contribution in [3.63, 3.8) is 0 Å². The van der Waals surface area contributed by atoms with Gasteiger partial charge in [-0.3, -0.25) is 4.21 Å². The Morgan fingerprint density at radius 1 is 1.00 bits per heavy atom. The van der Waals surface area contributed by atoms with Crippen molar-refractivity contribution in [3.05, 3.63) is 0 Å². The summed E-state index contributed by atoms with van der Waals surface area (Å²) in [4.78, 5) is 0. The van der Waals surface area contributed by atoms with Crippen LogP contribution >= 0.6 is 11.8 Å². The Hall–Kier alpha value is 0.500. The van der Waals surface area contributed by atoms with Crippen LogP contribution in [-0.4, -0.2) is 26.2 Å². The Kier molecular flexibility index (Phi) is 4.32. The molecule has 0 N–H and O–H groups in total. The highest BCUT2D eigenvalue weighted by atomic mass is 32.2. The molecule has 0 aliphatic carbocycles. The lowest BCUT2D eigenvalue weighted by Crippen LogP contribution is -2.53. The number of rotatable bonds is 4. The quantitative estimate of drug-likeness (QED) is 0.745. The molecule has 14 heavy (non-hydrogen) atoms. The molecule has 0 saturated heterocycles. The fourth-order valence-electron chi connectivity index (χ4n) is 1.34. The van der Waals surface area contributed by atoms with E-state index < -0.39 is 10.8 Å². The van der Waals surface area contributed by atoms with Gasteiger partial charge in [-0.05, 0) is 25.5 Å². The molecular formula is C11H24OS2. The number of hydrogen-bond donors (Lipinski definition) is 0. The van der Waals surface area contributed by atoms with Gasteiger partial charge in [0, 0.05) is 26.5 Å². The van der Waals surface area contributed by atoms with Crippen molar-refractivity contribution in [1.82, 2.24) is 0 Å². The summed E-state index contributed by atoms with van der Waals surface area (Å²) in [5, 5.41) is 0. The highest BCUT2D eigenvalue weighted by molar-refractivity contribution is 8.00. The van der Waals surface area contributed by atoms with Crippen LogP contribution in [0.5, 0.6) is 0 Å². The predicted molar refractivity (Wildman–Crippen MR) is 69.5 cm³/mol. The molecule has 0 fully saturated rings. The first kappa shape index (κ1) is 14.5. The molecule has 1 nitrogen and oxygen atoms in total. The van der Waals surface area contributed by atoms with Crippen LogP contribution in [0.4, 0.5) is 0 Å². The van der Waals surface area contributed by atoms with Crippen LogP contribution in [0.15, 0.2) is 0 Å². The molecule has 0 aromatic heterocycles. The molecule has 0 aromatic rings. The third-order valence-corrected chi connectivity index (χ3v) is 7.72. The SMILES string of the molecule is CSC(C)(C)C(C)(C)C(C)(C)S(C)=O. The first-order chi connectivity index (χ1) is 6.00. The Balaban J connectivity index is 5.24. The van der Waals surface area contributed by atoms with Crippen molar-refractivity contribution in [2.45, 2.75) is 51.0 Å². The van der Waals surface area contributed by atoms with Crippen molar-refractivity contribution in [2.24, 2.45) is 5.41 Å². The molecule has 0 aromatic carbocycles. The van der Waals surface area contributed by atoms with Crippen LogP contribution in [0.1, 0.15) is 41.5 Å². The summed E-state index contributed by atoms with van der Waals surface area (Å²) in [5.41, 5.74) is 0.0268. The van der Waals surface area contributed by atoms with Gasteiger partial charge in [-0.25, -0.2) is 0 Å². The molecule has 0 saturated carbocycles. The maximum absolute atomic E-state index is 11.8. The highest BCUT2D eigenvalue weighted by Crippen LogP contribution is 2.49. The molecule has 86 valence electrons. The monoisotopic (exact) mass is 236 g/mol. The van der Waals surface area contributed by atoms with Crippen molar-refractivity contribution in [1.29, 1.82) is 0 Å². The molecule has 0 aliphatic heterocycles. The smallest absolute Gasteiger partial charge is 0.0464 e. The van der Waals surface area contributed by atoms with E-state index in [0.29, 0.717) is 0 Å². The molecule has 0 radical (unpaired) electrons. The standard InChI is InChI=1S/C11H24OS2/c1-9(2,10(3,4)13-7)11(5,6)14(8)12/h1-8H3. The third-order valence-electron chi connectivity index (χ3n) is 4.24. The fraction of sp³-hybridized carbons (Fsp3) is 1.00. The lowest BCUT2D eigenvalue weighted by atomic mass is 9.71. The second-order valence-electron chi connectivity index (χ2n) is 5.30. The molecule has 0 heterocycles. The third kappa shape index (κ3) is 2.19. The predicted octanol–water partition coefficient (Wildman–Crippen LogP) is 3.31. The topological polar surface area (TPSA) is 17.1 Å². The Morgan fingerprint density at radius 3 is 1.57 bits per heavy atom. The lowest BCUT2D eigenvalue weighted by molar-refractivity contribution is 0.215. The van der Waals surface area contributed by atoms with E-state index in [2.05, 4.69) is 47.8 Å². The second-order valence-corrected chi connectivity index (χ2v) is 8.66. The van der Waals surface area contributed by atoms with Crippen molar-refractivity contribution >= 4 is 22.6 Å². The summed E-state index contributed by atoms with van der Waals surface area (Å²) in [6.07, 6.45) is 3.93. The van der Waals surface area contributed by atoms with E-state index in [0.717, 1.165) is 0 Å². The maximum atomic E-state index is 11.8. The molecule has 0 amide bonds. The molecule has 1 unspecified atom stereocenters. The Morgan fingerprint density at radius 2 is 1.36 bits per heavy atom. The van der Waals surface area contributed by atoms with E-state index in [1.807, 2.05) is 11.8 Å². The van der Waals surface area contributed by atoms with Gasteiger partial charge in [0.25, 0.3) is 0 Å². The molecule has 1 atom stereocenters. The maximum Gasteiger partial charge on any atom is 0.0464 e. The van der Waals surface area contributed by atoms with Gasteiger partial charge in [0.15, 0.2) is 0 Å². The normalized spacial score (nSPS) is 16.9. The van der Waals surface area contributed by atoms with E-state index in [1.165, 1.54) is 0 Å². The van der Waals surface area contributed by atoms with E-state index in [1.54, 1.807) is 6.26 Å². The average Bonchev–Trinajstić information content (AvgIpc) is 2.03. The van der Waals surface area contributed by atoms with E-state index in [-0.39, 0.29) is 14.9 Å². The number of hydrogen-bond acceptors (Lipinski definition) is 2. The van der Waals surface area contributed by atoms with E-state index in [9.17, 15) is 4.21 Å². The van der Waals surface area contributed by atoms with Crippen LogP contribution in [0.2, 0.25) is 0 Å². The van der Waals surface area contributed by atoms with Crippen molar-refractivity contribution in [2.75, 3.05) is 12.5 Å². The van der Waals surface area contributed by atoms with Crippen LogP contribution in [0.25, 0.3) is 0 Å². The van der Waals surface area contributed by atoms with Gasteiger partial charge in [0.2, 0.25) is 0 Å². The first-order valence-corrected chi connectivity index (χ1v) is 7.67. The number of thioether (sulfide) groups is 1. The molecular weight excluding hydrogens is 212 g/mol. The summed E-state index contributed by atoms with van der Waals surface area (Å²) in [6, 6.07) is 0. The van der Waals surface area contributed by atoms with Gasteiger partial charge in [-0.15, -0.1) is 0 Å². The molecule has 0 spiro atoms. The van der Waals surface area contributed by atoms with Crippen molar-refractivity contribution in [3.8, 4) is 0 Å².